The summed E-state index contributed by atoms with van der Waals surface area (Å²) in [5, 5.41) is 28.6. The molecule has 2 aromatic carbocycles. The number of phenolic OH excluding ortho intramolecular Hbond substituents is 1. The van der Waals surface area contributed by atoms with Crippen molar-refractivity contribution in [1.29, 1.82) is 0 Å². The van der Waals surface area contributed by atoms with E-state index in [1.807, 2.05) is 88.1 Å². The molecule has 372 valence electrons. The molecule has 2 amide bonds. The van der Waals surface area contributed by atoms with Crippen LogP contribution in [0, 0.1) is 36.5 Å². The van der Waals surface area contributed by atoms with Gasteiger partial charge in [0.25, 0.3) is 0 Å². The second kappa shape index (κ2) is 20.8. The van der Waals surface area contributed by atoms with Gasteiger partial charge in [0.15, 0.2) is 11.6 Å². The molecule has 6 aromatic rings. The van der Waals surface area contributed by atoms with Crippen molar-refractivity contribution < 1.29 is 29.1 Å². The number of nitrogens with zero attached hydrogens (tertiary/aromatic N) is 8. The molecule has 1 aliphatic carbocycles. The smallest absolute Gasteiger partial charge is 0.243 e. The summed E-state index contributed by atoms with van der Waals surface area (Å²) in [7, 11) is 0. The van der Waals surface area contributed by atoms with Crippen LogP contribution in [0.2, 0.25) is 0 Å². The number of amides is 2. The van der Waals surface area contributed by atoms with Crippen molar-refractivity contribution in [2.75, 3.05) is 49.9 Å². The molecule has 4 aliphatic rings. The molecular weight excluding hydrogens is 917 g/mol. The van der Waals surface area contributed by atoms with E-state index in [1.54, 1.807) is 27.9 Å². The zero-order chi connectivity index (χ0) is 49.3. The third kappa shape index (κ3) is 10.7. The summed E-state index contributed by atoms with van der Waals surface area (Å²) in [6, 6.07) is 16.0. The number of fused-ring (bicyclic) bond motifs is 1. The number of aryl methyl sites for hydroxylation is 1. The summed E-state index contributed by atoms with van der Waals surface area (Å²) in [6.45, 7) is 12.8. The molecule has 4 aromatic heterocycles. The fourth-order valence-electron chi connectivity index (χ4n) is 10.7. The molecule has 4 fully saturated rings. The predicted molar refractivity (Wildman–Crippen MR) is 272 cm³/mol. The van der Waals surface area contributed by atoms with Gasteiger partial charge in [-0.2, -0.15) is 4.98 Å². The summed E-state index contributed by atoms with van der Waals surface area (Å²) in [5.41, 5.74) is 13.0. The number of likely N-dealkylation sites (tertiary alicyclic amines) is 2. The van der Waals surface area contributed by atoms with Crippen LogP contribution in [0.4, 0.5) is 11.6 Å². The minimum atomic E-state index is -0.801. The number of rotatable bonds is 13. The van der Waals surface area contributed by atoms with Crippen molar-refractivity contribution in [2.24, 2.45) is 17.8 Å². The molecule has 16 nitrogen and oxygen atoms in total. The number of piperidine rings is 2. The molecular formula is C54H64N10O6S. The summed E-state index contributed by atoms with van der Waals surface area (Å²) < 4.78 is 14.3. The van der Waals surface area contributed by atoms with Crippen LogP contribution in [0.5, 0.6) is 5.75 Å². The maximum Gasteiger partial charge on any atom is 0.243 e. The van der Waals surface area contributed by atoms with E-state index in [0.717, 1.165) is 98.8 Å². The molecule has 3 aliphatic heterocycles. The van der Waals surface area contributed by atoms with Crippen molar-refractivity contribution in [3.63, 3.8) is 0 Å². The minimum absolute atomic E-state index is 0.0848. The number of phenols is 1. The lowest BCUT2D eigenvalue weighted by Gasteiger charge is -2.40. The Balaban J connectivity index is 0.657. The topological polar surface area (TPSA) is 201 Å². The number of nitrogens with one attached hydrogen (secondary N) is 1. The van der Waals surface area contributed by atoms with Crippen molar-refractivity contribution in [3.8, 4) is 39.3 Å². The molecule has 0 spiro atoms. The van der Waals surface area contributed by atoms with Gasteiger partial charge in [-0.05, 0) is 87.5 Å². The number of nitrogens with two attached hydrogens (primary N) is 1. The average Bonchev–Trinajstić information content (AvgIpc) is 4.18. The Kier molecular flexibility index (Phi) is 14.2. The molecule has 71 heavy (non-hydrogen) atoms. The number of anilines is 2. The second-order valence-corrected chi connectivity index (χ2v) is 21.2. The Morgan fingerprint density at radius 3 is 2.45 bits per heavy atom. The quantitative estimate of drug-likeness (QED) is 0.0848. The molecule has 7 heterocycles. The first-order chi connectivity index (χ1) is 34.3. The Morgan fingerprint density at radius 1 is 0.972 bits per heavy atom. The highest BCUT2D eigenvalue weighted by Gasteiger charge is 2.44. The van der Waals surface area contributed by atoms with E-state index < -0.39 is 18.1 Å². The number of aromatic nitrogens is 5. The van der Waals surface area contributed by atoms with Crippen LogP contribution in [0.3, 0.4) is 0 Å². The standard InChI is InChI=1S/C54H64N10O6S/c1-32(2)49(53(68)64-29-40(65)25-45(64)52(67)57-33(3)37-11-13-38(14-12-37)50-34(4)56-31-71-50)47-26-48(60-70-47)62-21-15-35(16-22-62)27-61-19-17-41(18-20-61)69-42-23-36(24-42)9-10-39-28-63-30-44(58-54(63)59-51(39)55)43-7-5-6-8-46(43)66/h5-8,11-14,26,28,30-33,35-36,40-42,45,49,65-66H,15-25,27,29H2,1-4H3,(H,57,67)(H2,55,58,59)/t33-,36-,40+,42-,45-,49+/m0/s1. The van der Waals surface area contributed by atoms with Crippen LogP contribution in [-0.2, 0) is 14.3 Å². The van der Waals surface area contributed by atoms with Gasteiger partial charge in [0.05, 0.1) is 51.7 Å². The summed E-state index contributed by atoms with van der Waals surface area (Å²) in [5.74, 6) is 8.34. The number of hydrogen-bond acceptors (Lipinski definition) is 14. The third-order valence-corrected chi connectivity index (χ3v) is 15.9. The van der Waals surface area contributed by atoms with E-state index in [0.29, 0.717) is 40.1 Å². The molecule has 3 saturated heterocycles. The molecule has 17 heteroatoms. The fraction of sp³-hybridized carbons (Fsp3) is 0.481. The second-order valence-electron chi connectivity index (χ2n) is 20.3. The van der Waals surface area contributed by atoms with E-state index >= 15 is 0 Å². The monoisotopic (exact) mass is 980 g/mol. The Labute approximate surface area is 418 Å². The number of thiazole rings is 1. The van der Waals surface area contributed by atoms with Gasteiger partial charge in [0.1, 0.15) is 23.5 Å². The number of nitrogen functional groups attached to an aromatic ring is 1. The number of hydrogen-bond donors (Lipinski definition) is 4. The maximum atomic E-state index is 14.3. The number of para-hydroxylation sites is 1. The lowest BCUT2D eigenvalue weighted by molar-refractivity contribution is -0.141. The molecule has 0 bridgehead atoms. The highest BCUT2D eigenvalue weighted by Crippen LogP contribution is 2.36. The first kappa shape index (κ1) is 48.3. The summed E-state index contributed by atoms with van der Waals surface area (Å²) in [6.07, 6.45) is 9.53. The van der Waals surface area contributed by atoms with Gasteiger partial charge in [-0.15, -0.1) is 11.3 Å². The van der Waals surface area contributed by atoms with Gasteiger partial charge < -0.3 is 45.2 Å². The lowest BCUT2D eigenvalue weighted by atomic mass is 9.82. The van der Waals surface area contributed by atoms with Gasteiger partial charge in [-0.25, -0.2) is 9.97 Å². The molecule has 10 rings (SSSR count). The predicted octanol–water partition coefficient (Wildman–Crippen LogP) is 7.21. The number of aliphatic hydroxyl groups is 1. The molecule has 0 unspecified atom stereocenters. The van der Waals surface area contributed by atoms with Crippen molar-refractivity contribution in [2.45, 2.75) is 109 Å². The lowest BCUT2D eigenvalue weighted by Crippen LogP contribution is -2.48. The first-order valence-electron chi connectivity index (χ1n) is 25.2. The normalized spacial score (nSPS) is 22.1. The van der Waals surface area contributed by atoms with Crippen LogP contribution in [0.25, 0.3) is 27.5 Å². The third-order valence-electron chi connectivity index (χ3n) is 14.9. The molecule has 0 radical (unpaired) electrons. The van der Waals surface area contributed by atoms with Crippen molar-refractivity contribution in [3.05, 3.63) is 95.1 Å². The SMILES string of the molecule is Cc1ncsc1-c1ccc([C@H](C)NC(=O)[C@@H]2C[C@@H](O)CN2C(=O)[C@@H](c2cc(N3CCC(CN4CCC(O[C@H]5C[C@H](C#Cc6cn7cc(-c8ccccc8O)nc7nc6N)C5)CC4)CC3)no2)C(C)C)cc1. The average molecular weight is 981 g/mol. The van der Waals surface area contributed by atoms with Gasteiger partial charge in [0.2, 0.25) is 17.6 Å². The number of imidazole rings is 1. The number of β-amino-alcohol motifs (C(OH)–C–C–N with tert-alkyl or cyclic N) is 1. The van der Waals surface area contributed by atoms with E-state index in [2.05, 4.69) is 47.1 Å². The number of carbonyl (C=O) groups excluding carboxylic acids is 2. The van der Waals surface area contributed by atoms with Gasteiger partial charge in [-0.1, -0.05) is 67.2 Å². The van der Waals surface area contributed by atoms with Crippen LogP contribution >= 0.6 is 11.3 Å². The Morgan fingerprint density at radius 2 is 1.73 bits per heavy atom. The van der Waals surface area contributed by atoms with Crippen LogP contribution in [0.15, 0.2) is 77.0 Å². The maximum absolute atomic E-state index is 14.3. The number of carbonyl (C=O) groups is 2. The molecule has 5 N–H and O–H groups in total. The number of aliphatic hydroxyl groups excluding tert-OH is 1. The largest absolute Gasteiger partial charge is 0.507 e. The van der Waals surface area contributed by atoms with Crippen LogP contribution in [0.1, 0.15) is 100 Å². The minimum Gasteiger partial charge on any atom is -0.507 e. The molecule has 4 atom stereocenters. The zero-order valence-electron chi connectivity index (χ0n) is 40.9. The highest BCUT2D eigenvalue weighted by molar-refractivity contribution is 7.13. The van der Waals surface area contributed by atoms with Crippen molar-refractivity contribution >= 4 is 40.6 Å². The number of aromatic hydroxyl groups is 1. The van der Waals surface area contributed by atoms with Gasteiger partial charge >= 0.3 is 0 Å². The first-order valence-corrected chi connectivity index (χ1v) is 26.0. The fourth-order valence-corrected chi connectivity index (χ4v) is 11.5. The Bertz CT molecular complexity index is 2900. The van der Waals surface area contributed by atoms with Gasteiger partial charge in [-0.3, -0.25) is 14.0 Å². The van der Waals surface area contributed by atoms with E-state index in [4.69, 9.17) is 15.0 Å². The number of ether oxygens (including phenoxy) is 1. The van der Waals surface area contributed by atoms with Crippen LogP contribution in [-0.4, -0.2) is 120 Å². The van der Waals surface area contributed by atoms with E-state index in [1.165, 1.54) is 4.90 Å². The molecule has 1 saturated carbocycles. The number of benzene rings is 2. The van der Waals surface area contributed by atoms with E-state index in [9.17, 15) is 19.8 Å². The Hall–Kier alpha value is -6.32. The van der Waals surface area contributed by atoms with Crippen molar-refractivity contribution in [1.82, 2.24) is 39.6 Å². The van der Waals surface area contributed by atoms with E-state index in [-0.39, 0.29) is 60.6 Å². The van der Waals surface area contributed by atoms with Crippen LogP contribution < -0.4 is 16.0 Å². The highest BCUT2D eigenvalue weighted by atomic mass is 32.1. The summed E-state index contributed by atoms with van der Waals surface area (Å²) >= 11 is 1.60. The zero-order valence-corrected chi connectivity index (χ0v) is 41.7. The summed E-state index contributed by atoms with van der Waals surface area (Å²) in [4.78, 5) is 49.0. The van der Waals surface area contributed by atoms with Gasteiger partial charge in [0, 0.05) is 75.6 Å².